The topological polar surface area (TPSA) is 33.2 Å². The van der Waals surface area contributed by atoms with E-state index in [9.17, 15) is 4.79 Å². The lowest BCUT2D eigenvalue weighted by Crippen LogP contribution is -2.30. The summed E-state index contributed by atoms with van der Waals surface area (Å²) in [6.45, 7) is 0.875. The molecular weight excluding hydrogens is 315 g/mol. The first-order chi connectivity index (χ1) is 7.68. The Hall–Kier alpha value is -0.650. The summed E-state index contributed by atoms with van der Waals surface area (Å²) in [4.78, 5) is 18.3. The van der Waals surface area contributed by atoms with Gasteiger partial charge in [0.2, 0.25) is 5.91 Å². The molecule has 2 rings (SSSR count). The van der Waals surface area contributed by atoms with E-state index in [4.69, 9.17) is 0 Å². The number of aromatic nitrogens is 1. The normalized spacial score (nSPS) is 22.0. The van der Waals surface area contributed by atoms with Gasteiger partial charge in [-0.3, -0.25) is 9.78 Å². The Morgan fingerprint density at radius 3 is 2.94 bits per heavy atom. The van der Waals surface area contributed by atoms with E-state index in [0.717, 1.165) is 35.1 Å². The van der Waals surface area contributed by atoms with Crippen LogP contribution in [0.25, 0.3) is 0 Å². The first-order valence-corrected chi connectivity index (χ1v) is 6.63. The standard InChI is InChI=1S/C12H15IN2O/c1-15-7-3-2-4-10(12(15)16)11-6-5-9(13)8-14-11/h5-6,8,10H,2-4,7H2,1H3/t10-/m0/s1. The van der Waals surface area contributed by atoms with Gasteiger partial charge in [0.25, 0.3) is 0 Å². The molecule has 0 aromatic carbocycles. The molecule has 1 amide bonds. The lowest BCUT2D eigenvalue weighted by atomic mass is 9.98. The van der Waals surface area contributed by atoms with E-state index in [1.807, 2.05) is 30.3 Å². The van der Waals surface area contributed by atoms with Crippen molar-refractivity contribution in [2.75, 3.05) is 13.6 Å². The third-order valence-electron chi connectivity index (χ3n) is 3.02. The highest BCUT2D eigenvalue weighted by atomic mass is 127. The Balaban J connectivity index is 2.24. The van der Waals surface area contributed by atoms with Gasteiger partial charge < -0.3 is 4.90 Å². The average Bonchev–Trinajstić information content (AvgIpc) is 2.44. The second-order valence-electron chi connectivity index (χ2n) is 4.21. The molecule has 4 heteroatoms. The number of amides is 1. The quantitative estimate of drug-likeness (QED) is 0.741. The van der Waals surface area contributed by atoms with Crippen LogP contribution < -0.4 is 0 Å². The van der Waals surface area contributed by atoms with Gasteiger partial charge in [-0.15, -0.1) is 0 Å². The van der Waals surface area contributed by atoms with Gasteiger partial charge in [0.1, 0.15) is 0 Å². The molecule has 0 N–H and O–H groups in total. The molecule has 0 spiro atoms. The molecule has 1 aliphatic heterocycles. The summed E-state index contributed by atoms with van der Waals surface area (Å²) in [7, 11) is 1.88. The summed E-state index contributed by atoms with van der Waals surface area (Å²) in [6.07, 6.45) is 4.96. The summed E-state index contributed by atoms with van der Waals surface area (Å²) in [6, 6.07) is 3.99. The van der Waals surface area contributed by atoms with Gasteiger partial charge in [-0.2, -0.15) is 0 Å². The molecular formula is C12H15IN2O. The molecule has 1 atom stereocenters. The van der Waals surface area contributed by atoms with Crippen LogP contribution in [0.5, 0.6) is 0 Å². The monoisotopic (exact) mass is 330 g/mol. The van der Waals surface area contributed by atoms with Gasteiger partial charge in [-0.1, -0.05) is 6.42 Å². The van der Waals surface area contributed by atoms with Crippen LogP contribution >= 0.6 is 22.6 Å². The summed E-state index contributed by atoms with van der Waals surface area (Å²) in [5, 5.41) is 0. The SMILES string of the molecule is CN1CCCC[C@@H](c2ccc(I)cn2)C1=O. The van der Waals surface area contributed by atoms with Gasteiger partial charge in [-0.25, -0.2) is 0 Å². The Labute approximate surface area is 109 Å². The van der Waals surface area contributed by atoms with Crippen LogP contribution in [0.15, 0.2) is 18.3 Å². The molecule has 1 aromatic rings. The molecule has 1 saturated heterocycles. The third kappa shape index (κ3) is 2.53. The summed E-state index contributed by atoms with van der Waals surface area (Å²) >= 11 is 2.23. The van der Waals surface area contributed by atoms with E-state index < -0.39 is 0 Å². The minimum atomic E-state index is -0.0375. The first-order valence-electron chi connectivity index (χ1n) is 5.55. The van der Waals surface area contributed by atoms with Crippen LogP contribution in [0.4, 0.5) is 0 Å². The Morgan fingerprint density at radius 2 is 2.25 bits per heavy atom. The Morgan fingerprint density at radius 1 is 1.44 bits per heavy atom. The van der Waals surface area contributed by atoms with E-state index in [1.165, 1.54) is 0 Å². The van der Waals surface area contributed by atoms with E-state index in [0.29, 0.717) is 0 Å². The van der Waals surface area contributed by atoms with Crippen LogP contribution in [0.3, 0.4) is 0 Å². The number of halogens is 1. The molecule has 86 valence electrons. The van der Waals surface area contributed by atoms with Crippen molar-refractivity contribution in [3.63, 3.8) is 0 Å². The summed E-state index contributed by atoms with van der Waals surface area (Å²) < 4.78 is 1.11. The highest BCUT2D eigenvalue weighted by Gasteiger charge is 2.26. The van der Waals surface area contributed by atoms with Gasteiger partial charge in [0.15, 0.2) is 0 Å². The minimum Gasteiger partial charge on any atom is -0.345 e. The van der Waals surface area contributed by atoms with Crippen molar-refractivity contribution in [3.05, 3.63) is 27.6 Å². The fourth-order valence-corrected chi connectivity index (χ4v) is 2.38. The largest absolute Gasteiger partial charge is 0.345 e. The molecule has 1 aromatic heterocycles. The molecule has 0 unspecified atom stereocenters. The van der Waals surface area contributed by atoms with Crippen LogP contribution in [0.1, 0.15) is 30.9 Å². The predicted molar refractivity (Wildman–Crippen MR) is 71.2 cm³/mol. The number of carbonyl (C=O) groups is 1. The number of nitrogens with zero attached hydrogens (tertiary/aromatic N) is 2. The maximum absolute atomic E-state index is 12.1. The van der Waals surface area contributed by atoms with Crippen LogP contribution in [-0.2, 0) is 4.79 Å². The predicted octanol–water partition coefficient (Wildman–Crippen LogP) is 2.41. The zero-order valence-corrected chi connectivity index (χ0v) is 11.5. The fourth-order valence-electron chi connectivity index (χ4n) is 2.06. The van der Waals surface area contributed by atoms with Gasteiger partial charge in [0.05, 0.1) is 11.6 Å². The maximum Gasteiger partial charge on any atom is 0.231 e. The molecule has 0 saturated carbocycles. The maximum atomic E-state index is 12.1. The van der Waals surface area contributed by atoms with E-state index in [-0.39, 0.29) is 11.8 Å². The Bertz CT molecular complexity index is 377. The smallest absolute Gasteiger partial charge is 0.231 e. The molecule has 1 fully saturated rings. The first kappa shape index (κ1) is 11.8. The van der Waals surface area contributed by atoms with Gasteiger partial charge in [-0.05, 0) is 47.6 Å². The van der Waals surface area contributed by atoms with Crippen molar-refractivity contribution in [2.24, 2.45) is 0 Å². The van der Waals surface area contributed by atoms with E-state index >= 15 is 0 Å². The molecule has 0 radical (unpaired) electrons. The van der Waals surface area contributed by atoms with Crippen molar-refractivity contribution in [1.29, 1.82) is 0 Å². The van der Waals surface area contributed by atoms with Gasteiger partial charge in [0, 0.05) is 23.4 Å². The van der Waals surface area contributed by atoms with Gasteiger partial charge >= 0.3 is 0 Å². The molecule has 0 bridgehead atoms. The minimum absolute atomic E-state index is 0.0375. The second kappa shape index (κ2) is 5.12. The van der Waals surface area contributed by atoms with Crippen LogP contribution in [0.2, 0.25) is 0 Å². The van der Waals surface area contributed by atoms with Crippen molar-refractivity contribution < 1.29 is 4.79 Å². The summed E-state index contributed by atoms with van der Waals surface area (Å²) in [5.74, 6) is 0.177. The van der Waals surface area contributed by atoms with Crippen LogP contribution in [0, 0.1) is 3.57 Å². The van der Waals surface area contributed by atoms with Crippen molar-refractivity contribution in [3.8, 4) is 0 Å². The number of hydrogen-bond donors (Lipinski definition) is 0. The number of hydrogen-bond acceptors (Lipinski definition) is 2. The lowest BCUT2D eigenvalue weighted by molar-refractivity contribution is -0.131. The summed E-state index contributed by atoms with van der Waals surface area (Å²) in [5.41, 5.74) is 0.916. The highest BCUT2D eigenvalue weighted by Crippen LogP contribution is 2.25. The molecule has 2 heterocycles. The van der Waals surface area contributed by atoms with E-state index in [2.05, 4.69) is 27.6 Å². The number of carbonyl (C=O) groups excluding carboxylic acids is 1. The lowest BCUT2D eigenvalue weighted by Gasteiger charge is -2.19. The molecule has 1 aliphatic rings. The number of likely N-dealkylation sites (tertiary alicyclic amines) is 1. The fraction of sp³-hybridized carbons (Fsp3) is 0.500. The molecule has 0 aliphatic carbocycles. The Kier molecular flexibility index (Phi) is 3.78. The molecule has 16 heavy (non-hydrogen) atoms. The zero-order valence-electron chi connectivity index (χ0n) is 9.32. The number of likely N-dealkylation sites (N-methyl/N-ethyl adjacent to an activating group) is 1. The number of pyridine rings is 1. The third-order valence-corrected chi connectivity index (χ3v) is 3.66. The molecule has 3 nitrogen and oxygen atoms in total. The van der Waals surface area contributed by atoms with Crippen molar-refractivity contribution in [1.82, 2.24) is 9.88 Å². The highest BCUT2D eigenvalue weighted by molar-refractivity contribution is 14.1. The number of rotatable bonds is 1. The van der Waals surface area contributed by atoms with Crippen LogP contribution in [-0.4, -0.2) is 29.4 Å². The van der Waals surface area contributed by atoms with E-state index in [1.54, 1.807) is 0 Å². The van der Waals surface area contributed by atoms with Crippen molar-refractivity contribution in [2.45, 2.75) is 25.2 Å². The second-order valence-corrected chi connectivity index (χ2v) is 5.46. The van der Waals surface area contributed by atoms with Crippen molar-refractivity contribution >= 4 is 28.5 Å². The zero-order chi connectivity index (χ0) is 11.5. The average molecular weight is 330 g/mol.